The number of rotatable bonds is 5. The molecule has 0 aliphatic heterocycles. The highest BCUT2D eigenvalue weighted by Crippen LogP contribution is 2.18. The van der Waals surface area contributed by atoms with Crippen molar-refractivity contribution in [2.45, 2.75) is 47.0 Å². The van der Waals surface area contributed by atoms with Gasteiger partial charge in [0, 0.05) is 0 Å². The maximum Gasteiger partial charge on any atom is 0.115 e. The molecule has 0 saturated carbocycles. The van der Waals surface area contributed by atoms with Crippen LogP contribution in [0.3, 0.4) is 0 Å². The van der Waals surface area contributed by atoms with E-state index in [9.17, 15) is 5.11 Å². The summed E-state index contributed by atoms with van der Waals surface area (Å²) in [6.07, 6.45) is 4.84. The van der Waals surface area contributed by atoms with Gasteiger partial charge in [0.05, 0.1) is 0 Å². The van der Waals surface area contributed by atoms with Crippen LogP contribution in [0.4, 0.5) is 0 Å². The molecule has 0 amide bonds. The molecule has 0 aromatic heterocycles. The van der Waals surface area contributed by atoms with Crippen molar-refractivity contribution < 1.29 is 5.11 Å². The first-order chi connectivity index (χ1) is 6.76. The first-order valence-corrected chi connectivity index (χ1v) is 5.54. The summed E-state index contributed by atoms with van der Waals surface area (Å²) in [7, 11) is 0. The largest absolute Gasteiger partial charge is 0.508 e. The van der Waals surface area contributed by atoms with Crippen molar-refractivity contribution in [2.24, 2.45) is 5.92 Å². The second-order valence-electron chi connectivity index (χ2n) is 3.89. The van der Waals surface area contributed by atoms with Crippen molar-refractivity contribution in [3.8, 4) is 5.75 Å². The topological polar surface area (TPSA) is 20.2 Å². The molecule has 1 rings (SSSR count). The zero-order chi connectivity index (χ0) is 10.4. The SMILES string of the molecule is C.CCC(CC)CCc1cccc(O)c1. The van der Waals surface area contributed by atoms with Crippen LogP contribution in [0.25, 0.3) is 0 Å². The summed E-state index contributed by atoms with van der Waals surface area (Å²) in [6, 6.07) is 7.59. The third-order valence-electron chi connectivity index (χ3n) is 2.91. The second kappa shape index (κ2) is 7.33. The molecule has 0 aliphatic rings. The van der Waals surface area contributed by atoms with Gasteiger partial charge in [-0.1, -0.05) is 46.2 Å². The van der Waals surface area contributed by atoms with Crippen LogP contribution >= 0.6 is 0 Å². The normalized spacial score (nSPS) is 10.1. The minimum atomic E-state index is 0. The summed E-state index contributed by atoms with van der Waals surface area (Å²) in [6.45, 7) is 4.49. The zero-order valence-electron chi connectivity index (χ0n) is 9.16. The van der Waals surface area contributed by atoms with Gasteiger partial charge in [-0.2, -0.15) is 0 Å². The molecule has 0 radical (unpaired) electrons. The number of aryl methyl sites for hydroxylation is 1. The lowest BCUT2D eigenvalue weighted by Crippen LogP contribution is -1.98. The Morgan fingerprint density at radius 2 is 1.87 bits per heavy atom. The van der Waals surface area contributed by atoms with Crippen molar-refractivity contribution in [3.05, 3.63) is 29.8 Å². The zero-order valence-corrected chi connectivity index (χ0v) is 9.16. The fraction of sp³-hybridized carbons (Fsp3) is 0.571. The third-order valence-corrected chi connectivity index (χ3v) is 2.91. The number of hydrogen-bond acceptors (Lipinski definition) is 1. The summed E-state index contributed by atoms with van der Waals surface area (Å²) in [5.74, 6) is 1.21. The maximum absolute atomic E-state index is 9.29. The lowest BCUT2D eigenvalue weighted by atomic mass is 9.95. The molecule has 0 aliphatic carbocycles. The van der Waals surface area contributed by atoms with Gasteiger partial charge >= 0.3 is 0 Å². The quantitative estimate of drug-likeness (QED) is 0.760. The number of hydrogen-bond donors (Lipinski definition) is 1. The Labute approximate surface area is 94.2 Å². The smallest absolute Gasteiger partial charge is 0.115 e. The maximum atomic E-state index is 9.29. The standard InChI is InChI=1S/C13H20O.CH4/c1-3-11(4-2)8-9-12-6-5-7-13(14)10-12;/h5-7,10-11,14H,3-4,8-9H2,1-2H3;1H4. The van der Waals surface area contributed by atoms with Crippen molar-refractivity contribution in [3.63, 3.8) is 0 Å². The van der Waals surface area contributed by atoms with Gasteiger partial charge in [-0.3, -0.25) is 0 Å². The number of phenolic OH excluding ortho intramolecular Hbond substituents is 1. The monoisotopic (exact) mass is 208 g/mol. The van der Waals surface area contributed by atoms with E-state index in [1.54, 1.807) is 6.07 Å². The molecule has 0 spiro atoms. The van der Waals surface area contributed by atoms with Gasteiger partial charge in [0.25, 0.3) is 0 Å². The van der Waals surface area contributed by atoms with Gasteiger partial charge in [-0.15, -0.1) is 0 Å². The van der Waals surface area contributed by atoms with Crippen LogP contribution in [0.2, 0.25) is 0 Å². The Balaban J connectivity index is 0.00000196. The molecule has 1 heteroatoms. The molecule has 15 heavy (non-hydrogen) atoms. The molecule has 0 bridgehead atoms. The highest BCUT2D eigenvalue weighted by atomic mass is 16.3. The van der Waals surface area contributed by atoms with Gasteiger partial charge in [-0.25, -0.2) is 0 Å². The fourth-order valence-corrected chi connectivity index (χ4v) is 1.78. The van der Waals surface area contributed by atoms with E-state index in [0.717, 1.165) is 12.3 Å². The Morgan fingerprint density at radius 3 is 2.40 bits per heavy atom. The van der Waals surface area contributed by atoms with Crippen LogP contribution in [0, 0.1) is 5.92 Å². The summed E-state index contributed by atoms with van der Waals surface area (Å²) >= 11 is 0. The fourth-order valence-electron chi connectivity index (χ4n) is 1.78. The van der Waals surface area contributed by atoms with Crippen molar-refractivity contribution in [1.29, 1.82) is 0 Å². The Kier molecular flexibility index (Phi) is 6.85. The molecule has 0 fully saturated rings. The highest BCUT2D eigenvalue weighted by molar-refractivity contribution is 5.27. The van der Waals surface area contributed by atoms with Crippen molar-refractivity contribution in [1.82, 2.24) is 0 Å². The Hall–Kier alpha value is -0.980. The van der Waals surface area contributed by atoms with E-state index in [1.165, 1.54) is 24.8 Å². The molecular formula is C14H24O. The molecule has 0 saturated heterocycles. The minimum absolute atomic E-state index is 0. The van der Waals surface area contributed by atoms with E-state index in [0.29, 0.717) is 5.75 Å². The number of benzene rings is 1. The molecule has 1 aromatic rings. The molecule has 86 valence electrons. The van der Waals surface area contributed by atoms with Gasteiger partial charge in [0.2, 0.25) is 0 Å². The van der Waals surface area contributed by atoms with Gasteiger partial charge < -0.3 is 5.11 Å². The third kappa shape index (κ3) is 4.87. The van der Waals surface area contributed by atoms with E-state index < -0.39 is 0 Å². The van der Waals surface area contributed by atoms with Crippen molar-refractivity contribution >= 4 is 0 Å². The van der Waals surface area contributed by atoms with Gasteiger partial charge in [-0.05, 0) is 36.5 Å². The Bertz CT molecular complexity index is 264. The Morgan fingerprint density at radius 1 is 1.20 bits per heavy atom. The van der Waals surface area contributed by atoms with Crippen LogP contribution < -0.4 is 0 Å². The molecule has 0 heterocycles. The van der Waals surface area contributed by atoms with E-state index in [2.05, 4.69) is 19.9 Å². The van der Waals surface area contributed by atoms with E-state index in [4.69, 9.17) is 0 Å². The predicted octanol–water partition coefficient (Wildman–Crippen LogP) is 4.40. The highest BCUT2D eigenvalue weighted by Gasteiger charge is 2.03. The molecule has 1 aromatic carbocycles. The van der Waals surface area contributed by atoms with Gasteiger partial charge in [0.15, 0.2) is 0 Å². The number of aromatic hydroxyl groups is 1. The first-order valence-electron chi connectivity index (χ1n) is 5.54. The molecular weight excluding hydrogens is 184 g/mol. The second-order valence-corrected chi connectivity index (χ2v) is 3.89. The predicted molar refractivity (Wildman–Crippen MR) is 67.2 cm³/mol. The summed E-state index contributed by atoms with van der Waals surface area (Å²) < 4.78 is 0. The average molecular weight is 208 g/mol. The van der Waals surface area contributed by atoms with Crippen molar-refractivity contribution in [2.75, 3.05) is 0 Å². The van der Waals surface area contributed by atoms with Crippen LogP contribution in [0.15, 0.2) is 24.3 Å². The molecule has 1 N–H and O–H groups in total. The van der Waals surface area contributed by atoms with E-state index in [1.807, 2.05) is 12.1 Å². The lowest BCUT2D eigenvalue weighted by Gasteiger charge is -2.11. The molecule has 1 nitrogen and oxygen atoms in total. The van der Waals surface area contributed by atoms with E-state index >= 15 is 0 Å². The molecule has 0 unspecified atom stereocenters. The van der Waals surface area contributed by atoms with Crippen LogP contribution in [0.5, 0.6) is 5.75 Å². The lowest BCUT2D eigenvalue weighted by molar-refractivity contribution is 0.453. The summed E-state index contributed by atoms with van der Waals surface area (Å²) in [4.78, 5) is 0. The number of phenols is 1. The van der Waals surface area contributed by atoms with Crippen LogP contribution in [-0.2, 0) is 6.42 Å². The van der Waals surface area contributed by atoms with E-state index in [-0.39, 0.29) is 7.43 Å². The van der Waals surface area contributed by atoms with Gasteiger partial charge in [0.1, 0.15) is 5.75 Å². The summed E-state index contributed by atoms with van der Waals surface area (Å²) in [5, 5.41) is 9.29. The average Bonchev–Trinajstić information content (AvgIpc) is 2.19. The van der Waals surface area contributed by atoms with Crippen LogP contribution in [0.1, 0.15) is 46.1 Å². The minimum Gasteiger partial charge on any atom is -0.508 e. The summed E-state index contributed by atoms with van der Waals surface area (Å²) in [5.41, 5.74) is 1.25. The first kappa shape index (κ1) is 14.0. The molecule has 0 atom stereocenters. The van der Waals surface area contributed by atoms with Crippen LogP contribution in [-0.4, -0.2) is 5.11 Å².